The summed E-state index contributed by atoms with van der Waals surface area (Å²) < 4.78 is 72.5. The van der Waals surface area contributed by atoms with Crippen LogP contribution in [-0.2, 0) is 0 Å². The fourth-order valence-corrected chi connectivity index (χ4v) is 1.95. The molecule has 106 valence electrons. The molecular formula is C14H9ClF2N4. The first-order valence-electron chi connectivity index (χ1n) is 8.59. The van der Waals surface area contributed by atoms with Crippen LogP contribution in [0.2, 0.25) is 5.28 Å². The maximum Gasteiger partial charge on any atom is 0.225 e. The molecule has 0 saturated carbocycles. The molecule has 0 bridgehead atoms. The molecule has 0 aliphatic rings. The predicted octanol–water partition coefficient (Wildman–Crippen LogP) is 3.64. The fourth-order valence-electron chi connectivity index (χ4n) is 1.79. The third-order valence-corrected chi connectivity index (χ3v) is 2.86. The van der Waals surface area contributed by atoms with Crippen LogP contribution in [0.5, 0.6) is 0 Å². The third kappa shape index (κ3) is 2.42. The van der Waals surface area contributed by atoms with E-state index in [2.05, 4.69) is 19.9 Å². The molecular weight excluding hydrogens is 298 g/mol. The van der Waals surface area contributed by atoms with Crippen molar-refractivity contribution >= 4 is 22.8 Å². The van der Waals surface area contributed by atoms with Crippen molar-refractivity contribution in [2.45, 2.75) is 13.7 Å². The number of hydrogen-bond donors (Lipinski definition) is 0. The van der Waals surface area contributed by atoms with Gasteiger partial charge in [-0.15, -0.1) is 0 Å². The minimum absolute atomic E-state index is 0.224. The highest BCUT2D eigenvalue weighted by Gasteiger charge is 2.16. The van der Waals surface area contributed by atoms with Crippen LogP contribution in [0.15, 0.2) is 18.2 Å². The van der Waals surface area contributed by atoms with Crippen LogP contribution >= 0.6 is 11.6 Å². The summed E-state index contributed by atoms with van der Waals surface area (Å²) in [6.07, 6.45) is 0. The lowest BCUT2D eigenvalue weighted by molar-refractivity contribution is 0.585. The summed E-state index contributed by atoms with van der Waals surface area (Å²) in [6, 6.07) is 2.64. The molecule has 0 amide bonds. The smallest absolute Gasteiger partial charge is 0.225 e. The Labute approximate surface area is 132 Å². The number of nitrogens with zero attached hydrogens (tertiary/aromatic N) is 4. The number of aryl methyl sites for hydroxylation is 2. The topological polar surface area (TPSA) is 51.6 Å². The Morgan fingerprint density at radius 3 is 2.52 bits per heavy atom. The van der Waals surface area contributed by atoms with Crippen LogP contribution in [0, 0.1) is 25.3 Å². The molecule has 0 atom stereocenters. The van der Waals surface area contributed by atoms with E-state index in [9.17, 15) is 8.78 Å². The van der Waals surface area contributed by atoms with Crippen molar-refractivity contribution < 1.29 is 17.0 Å². The van der Waals surface area contributed by atoms with Gasteiger partial charge in [-0.05, 0) is 37.4 Å². The Bertz CT molecular complexity index is 1050. The summed E-state index contributed by atoms with van der Waals surface area (Å²) in [5, 5.41) is -0.395. The lowest BCUT2D eigenvalue weighted by Gasteiger charge is -2.08. The van der Waals surface area contributed by atoms with Gasteiger partial charge >= 0.3 is 0 Å². The van der Waals surface area contributed by atoms with Crippen LogP contribution in [0.3, 0.4) is 0 Å². The lowest BCUT2D eigenvalue weighted by atomic mass is 10.1. The average Bonchev–Trinajstić information content (AvgIpc) is 2.51. The molecule has 0 aliphatic heterocycles. The van der Waals surface area contributed by atoms with Gasteiger partial charge < -0.3 is 0 Å². The van der Waals surface area contributed by atoms with E-state index in [0.717, 1.165) is 12.1 Å². The van der Waals surface area contributed by atoms with Gasteiger partial charge in [0.1, 0.15) is 22.8 Å². The Hall–Kier alpha value is -2.21. The summed E-state index contributed by atoms with van der Waals surface area (Å²) >= 11 is 5.82. The van der Waals surface area contributed by atoms with Gasteiger partial charge in [0, 0.05) is 19.9 Å². The maximum absolute atomic E-state index is 14.2. The molecule has 0 radical (unpaired) electrons. The van der Waals surface area contributed by atoms with Crippen LogP contribution in [-0.4, -0.2) is 19.9 Å². The molecule has 0 saturated heterocycles. The van der Waals surface area contributed by atoms with Gasteiger partial charge in [0.05, 0.1) is 11.4 Å². The molecule has 0 unspecified atom stereocenters. The Morgan fingerprint density at radius 2 is 1.81 bits per heavy atom. The zero-order valence-corrected chi connectivity index (χ0v) is 10.9. The van der Waals surface area contributed by atoms with E-state index in [-0.39, 0.29) is 22.4 Å². The molecule has 0 N–H and O–H groups in total. The number of halogens is 3. The Balaban J connectivity index is 2.43. The summed E-state index contributed by atoms with van der Waals surface area (Å²) in [5.41, 5.74) is -2.62. The monoisotopic (exact) mass is 312 g/mol. The highest BCUT2D eigenvalue weighted by atomic mass is 35.5. The summed E-state index contributed by atoms with van der Waals surface area (Å²) in [6.45, 7) is -5.80. The van der Waals surface area contributed by atoms with Crippen molar-refractivity contribution in [1.29, 1.82) is 0 Å². The Kier molecular flexibility index (Phi) is 1.96. The summed E-state index contributed by atoms with van der Waals surface area (Å²) in [7, 11) is 0. The van der Waals surface area contributed by atoms with Crippen molar-refractivity contribution in [3.05, 3.63) is 46.5 Å². The normalized spacial score (nSPS) is 16.5. The standard InChI is InChI=1S/C14H9ClF2N4/c1-6-7(2)19-13-12(18-6)11(20-14(15)21-13)9-4-3-8(16)5-10(9)17/h3-5H,1-2H3/i1D3,2D3. The zero-order chi connectivity index (χ0) is 20.1. The largest absolute Gasteiger partial charge is 0.246 e. The third-order valence-electron chi connectivity index (χ3n) is 2.69. The molecule has 3 rings (SSSR count). The van der Waals surface area contributed by atoms with Crippen LogP contribution in [0.25, 0.3) is 22.4 Å². The van der Waals surface area contributed by atoms with E-state index in [4.69, 9.17) is 19.8 Å². The molecule has 0 spiro atoms. The summed E-state index contributed by atoms with van der Waals surface area (Å²) in [4.78, 5) is 15.3. The second kappa shape index (κ2) is 4.96. The van der Waals surface area contributed by atoms with E-state index >= 15 is 0 Å². The van der Waals surface area contributed by atoms with Gasteiger partial charge in [-0.3, -0.25) is 0 Å². The number of benzene rings is 1. The van der Waals surface area contributed by atoms with Crippen molar-refractivity contribution in [2.75, 3.05) is 0 Å². The van der Waals surface area contributed by atoms with Gasteiger partial charge in [-0.25, -0.2) is 23.7 Å². The van der Waals surface area contributed by atoms with E-state index in [1.54, 1.807) is 0 Å². The molecule has 0 aliphatic carbocycles. The lowest BCUT2D eigenvalue weighted by Crippen LogP contribution is -2.01. The van der Waals surface area contributed by atoms with Crippen LogP contribution in [0.1, 0.15) is 19.6 Å². The highest BCUT2D eigenvalue weighted by molar-refractivity contribution is 6.28. The molecule has 4 nitrogen and oxygen atoms in total. The number of hydrogen-bond acceptors (Lipinski definition) is 4. The highest BCUT2D eigenvalue weighted by Crippen LogP contribution is 2.28. The predicted molar refractivity (Wildman–Crippen MR) is 75.0 cm³/mol. The first-order valence-corrected chi connectivity index (χ1v) is 5.97. The number of fused-ring (bicyclic) bond motifs is 1. The molecule has 3 aromatic rings. The first-order chi connectivity index (χ1) is 12.4. The molecule has 2 aromatic heterocycles. The number of aromatic nitrogens is 4. The zero-order valence-electron chi connectivity index (χ0n) is 16.2. The van der Waals surface area contributed by atoms with Gasteiger partial charge in [0.25, 0.3) is 0 Å². The molecule has 2 heterocycles. The fraction of sp³-hybridized carbons (Fsp3) is 0.143. The minimum atomic E-state index is -2.91. The Morgan fingerprint density at radius 1 is 1.05 bits per heavy atom. The van der Waals surface area contributed by atoms with Gasteiger partial charge in [-0.2, -0.15) is 4.98 Å². The second-order valence-electron chi connectivity index (χ2n) is 4.06. The van der Waals surface area contributed by atoms with Gasteiger partial charge in [0.15, 0.2) is 5.65 Å². The number of rotatable bonds is 1. The van der Waals surface area contributed by atoms with E-state index in [1.165, 1.54) is 0 Å². The van der Waals surface area contributed by atoms with Crippen LogP contribution in [0.4, 0.5) is 8.78 Å². The minimum Gasteiger partial charge on any atom is -0.246 e. The quantitative estimate of drug-likeness (QED) is 0.644. The molecule has 21 heavy (non-hydrogen) atoms. The average molecular weight is 313 g/mol. The molecule has 0 fully saturated rings. The SMILES string of the molecule is [2H]C([2H])([2H])c1nc2nc(Cl)nc(-c3ccc(F)cc3F)c2nc1C([2H])([2H])[2H]. The second-order valence-corrected chi connectivity index (χ2v) is 4.40. The van der Waals surface area contributed by atoms with Crippen molar-refractivity contribution in [2.24, 2.45) is 0 Å². The molecule has 1 aromatic carbocycles. The van der Waals surface area contributed by atoms with E-state index in [1.807, 2.05) is 0 Å². The van der Waals surface area contributed by atoms with Crippen molar-refractivity contribution in [3.63, 3.8) is 0 Å². The van der Waals surface area contributed by atoms with Gasteiger partial charge in [0.2, 0.25) is 5.28 Å². The van der Waals surface area contributed by atoms with Crippen molar-refractivity contribution in [1.82, 2.24) is 19.9 Å². The van der Waals surface area contributed by atoms with E-state index < -0.39 is 42.0 Å². The molecule has 7 heteroatoms. The van der Waals surface area contributed by atoms with Gasteiger partial charge in [-0.1, -0.05) is 0 Å². The maximum atomic E-state index is 14.2. The van der Waals surface area contributed by atoms with Crippen LogP contribution < -0.4 is 0 Å². The first kappa shape index (κ1) is 8.29. The van der Waals surface area contributed by atoms with Crippen molar-refractivity contribution in [3.8, 4) is 11.3 Å². The van der Waals surface area contributed by atoms with E-state index in [0.29, 0.717) is 6.07 Å². The summed E-state index contributed by atoms with van der Waals surface area (Å²) in [5.74, 6) is -1.83.